The first-order valence-corrected chi connectivity index (χ1v) is 13.0. The van der Waals surface area contributed by atoms with Gasteiger partial charge >= 0.3 is 12.1 Å². The first-order valence-electron chi connectivity index (χ1n) is 11.0. The van der Waals surface area contributed by atoms with Crippen molar-refractivity contribution < 1.29 is 37.8 Å². The molecule has 0 bridgehead atoms. The molecule has 11 heteroatoms. The number of carboxylic acids is 1. The number of aliphatic hydroxyl groups is 1. The van der Waals surface area contributed by atoms with Crippen LogP contribution in [0.15, 0.2) is 48.5 Å². The second-order valence-corrected chi connectivity index (χ2v) is 10.8. The van der Waals surface area contributed by atoms with Gasteiger partial charge in [-0.25, -0.2) is 18.0 Å². The predicted molar refractivity (Wildman–Crippen MR) is 128 cm³/mol. The van der Waals surface area contributed by atoms with Crippen LogP contribution in [0.4, 0.5) is 4.79 Å². The first kappa shape index (κ1) is 26.2. The number of carbonyl (C=O) groups excluding carboxylic acids is 2. The van der Waals surface area contributed by atoms with Gasteiger partial charge in [-0.1, -0.05) is 48.5 Å². The Morgan fingerprint density at radius 3 is 2.03 bits per heavy atom. The fraction of sp³-hybridized carbons (Fsp3) is 0.375. The van der Waals surface area contributed by atoms with Crippen LogP contribution in [-0.2, 0) is 24.2 Å². The quantitative estimate of drug-likeness (QED) is 0.377. The van der Waals surface area contributed by atoms with Crippen molar-refractivity contribution >= 4 is 27.8 Å². The number of ether oxygens (including phenoxy) is 1. The molecule has 0 fully saturated rings. The zero-order valence-corrected chi connectivity index (χ0v) is 20.1. The molecule has 3 atom stereocenters. The van der Waals surface area contributed by atoms with Crippen LogP contribution in [0, 0.1) is 0 Å². The molecule has 0 heterocycles. The average molecular weight is 505 g/mol. The Morgan fingerprint density at radius 1 is 1.00 bits per heavy atom. The van der Waals surface area contributed by atoms with Crippen molar-refractivity contribution in [1.29, 1.82) is 0 Å². The van der Waals surface area contributed by atoms with E-state index in [1.54, 1.807) is 0 Å². The van der Waals surface area contributed by atoms with Gasteiger partial charge in [-0.2, -0.15) is 0 Å². The molecule has 2 aromatic carbocycles. The van der Waals surface area contributed by atoms with E-state index in [0.29, 0.717) is 0 Å². The Morgan fingerprint density at radius 2 is 1.54 bits per heavy atom. The number of sulfone groups is 1. The summed E-state index contributed by atoms with van der Waals surface area (Å²) in [6.45, 7) is 1.16. The van der Waals surface area contributed by atoms with Gasteiger partial charge in [-0.15, -0.1) is 0 Å². The fourth-order valence-corrected chi connectivity index (χ4v) is 4.69. The molecule has 0 aliphatic heterocycles. The molecule has 0 spiro atoms. The third-order valence-corrected chi connectivity index (χ3v) is 6.75. The molecular formula is C24H28N2O8S. The van der Waals surface area contributed by atoms with Crippen molar-refractivity contribution in [3.05, 3.63) is 59.7 Å². The maximum atomic E-state index is 12.7. The summed E-state index contributed by atoms with van der Waals surface area (Å²) in [5.74, 6) is -3.07. The number of benzene rings is 2. The van der Waals surface area contributed by atoms with E-state index in [-0.39, 0.29) is 18.9 Å². The van der Waals surface area contributed by atoms with E-state index < -0.39 is 51.7 Å². The van der Waals surface area contributed by atoms with Crippen LogP contribution in [0.3, 0.4) is 0 Å². The van der Waals surface area contributed by atoms with E-state index in [2.05, 4.69) is 10.6 Å². The van der Waals surface area contributed by atoms with Crippen LogP contribution in [0.5, 0.6) is 0 Å². The van der Waals surface area contributed by atoms with Gasteiger partial charge in [0.1, 0.15) is 22.5 Å². The maximum absolute atomic E-state index is 12.7. The molecular weight excluding hydrogens is 476 g/mol. The number of aliphatic hydroxyl groups excluding tert-OH is 1. The van der Waals surface area contributed by atoms with Crippen molar-refractivity contribution in [2.24, 2.45) is 0 Å². The van der Waals surface area contributed by atoms with Gasteiger partial charge in [0.15, 0.2) is 6.04 Å². The SMILES string of the molecule is C[C@@H](O)[C@H](NC(=O)C(CCS(C)(=O)=O)NC(=O)OCC1c2ccccc2-c2ccccc21)C(=O)O. The Bertz CT molecular complexity index is 1170. The molecule has 0 aromatic heterocycles. The predicted octanol–water partition coefficient (Wildman–Crippen LogP) is 1.28. The molecule has 4 N–H and O–H groups in total. The summed E-state index contributed by atoms with van der Waals surface area (Å²) in [6, 6.07) is 12.5. The third-order valence-electron chi connectivity index (χ3n) is 5.78. The van der Waals surface area contributed by atoms with E-state index >= 15 is 0 Å². The molecule has 2 aromatic rings. The van der Waals surface area contributed by atoms with Gasteiger partial charge in [0, 0.05) is 12.2 Å². The van der Waals surface area contributed by atoms with E-state index in [9.17, 15) is 33.0 Å². The lowest BCUT2D eigenvalue weighted by atomic mass is 9.98. The molecule has 10 nitrogen and oxygen atoms in total. The number of hydrogen-bond donors (Lipinski definition) is 4. The monoisotopic (exact) mass is 504 g/mol. The minimum Gasteiger partial charge on any atom is -0.480 e. The van der Waals surface area contributed by atoms with E-state index in [1.165, 1.54) is 6.92 Å². The highest BCUT2D eigenvalue weighted by atomic mass is 32.2. The second-order valence-electron chi connectivity index (χ2n) is 8.51. The van der Waals surface area contributed by atoms with Gasteiger partial charge in [-0.3, -0.25) is 4.79 Å². The Labute approximate surface area is 203 Å². The Hall–Kier alpha value is -3.44. The molecule has 1 unspecified atom stereocenters. The number of fused-ring (bicyclic) bond motifs is 3. The molecule has 188 valence electrons. The Kier molecular flexibility index (Phi) is 8.13. The molecule has 0 saturated carbocycles. The smallest absolute Gasteiger partial charge is 0.407 e. The number of alkyl carbamates (subject to hydrolysis) is 1. The molecule has 3 rings (SSSR count). The van der Waals surface area contributed by atoms with Gasteiger partial charge < -0.3 is 25.6 Å². The van der Waals surface area contributed by atoms with Crippen molar-refractivity contribution in [2.75, 3.05) is 18.6 Å². The summed E-state index contributed by atoms with van der Waals surface area (Å²) < 4.78 is 28.6. The van der Waals surface area contributed by atoms with Crippen LogP contribution < -0.4 is 10.6 Å². The van der Waals surface area contributed by atoms with E-state index in [4.69, 9.17) is 4.74 Å². The normalized spacial score (nSPS) is 15.3. The van der Waals surface area contributed by atoms with Gasteiger partial charge in [-0.05, 0) is 35.6 Å². The zero-order chi connectivity index (χ0) is 25.8. The van der Waals surface area contributed by atoms with E-state index in [1.807, 2.05) is 48.5 Å². The molecule has 1 aliphatic carbocycles. The second kappa shape index (κ2) is 10.9. The highest BCUT2D eigenvalue weighted by molar-refractivity contribution is 7.90. The summed E-state index contributed by atoms with van der Waals surface area (Å²) in [5, 5.41) is 23.3. The highest BCUT2D eigenvalue weighted by Crippen LogP contribution is 2.44. The fourth-order valence-electron chi connectivity index (χ4n) is 4.03. The van der Waals surface area contributed by atoms with E-state index in [0.717, 1.165) is 28.5 Å². The molecule has 35 heavy (non-hydrogen) atoms. The summed E-state index contributed by atoms with van der Waals surface area (Å²) >= 11 is 0. The van der Waals surface area contributed by atoms with Gasteiger partial charge in [0.05, 0.1) is 11.9 Å². The standard InChI is InChI=1S/C24H28N2O8S/c1-14(27)21(23(29)30)26-22(28)20(11-12-35(2,32)33)25-24(31)34-13-19-17-9-5-3-7-15(17)16-8-4-6-10-18(16)19/h3-10,14,19-21,27H,11-13H2,1-2H3,(H,25,31)(H,26,28)(H,29,30)/t14-,20?,21+/m1/s1. The van der Waals surface area contributed by atoms with Crippen molar-refractivity contribution in [1.82, 2.24) is 10.6 Å². The molecule has 0 radical (unpaired) electrons. The van der Waals surface area contributed by atoms with Crippen LogP contribution >= 0.6 is 0 Å². The Balaban J connectivity index is 1.70. The number of amides is 2. The van der Waals surface area contributed by atoms with Crippen molar-refractivity contribution in [3.8, 4) is 11.1 Å². The van der Waals surface area contributed by atoms with Crippen molar-refractivity contribution in [3.63, 3.8) is 0 Å². The number of aliphatic carboxylic acids is 1. The number of carboxylic acid groups (broad SMARTS) is 1. The summed E-state index contributed by atoms with van der Waals surface area (Å²) in [7, 11) is -3.48. The lowest BCUT2D eigenvalue weighted by molar-refractivity contribution is -0.145. The van der Waals surface area contributed by atoms with Crippen LogP contribution in [-0.4, -0.2) is 73.4 Å². The molecule has 1 aliphatic rings. The number of carbonyl (C=O) groups is 3. The third kappa shape index (κ3) is 6.58. The van der Waals surface area contributed by atoms with Crippen LogP contribution in [0.1, 0.15) is 30.4 Å². The van der Waals surface area contributed by atoms with Gasteiger partial charge in [0.25, 0.3) is 0 Å². The zero-order valence-electron chi connectivity index (χ0n) is 19.3. The number of hydrogen-bond acceptors (Lipinski definition) is 7. The lowest BCUT2D eigenvalue weighted by Crippen LogP contribution is -2.55. The molecule has 0 saturated heterocycles. The summed E-state index contributed by atoms with van der Waals surface area (Å²) in [4.78, 5) is 36.5. The summed E-state index contributed by atoms with van der Waals surface area (Å²) in [5.41, 5.74) is 4.07. The minimum atomic E-state index is -3.48. The first-order chi connectivity index (χ1) is 16.5. The lowest BCUT2D eigenvalue weighted by Gasteiger charge is -2.23. The maximum Gasteiger partial charge on any atom is 0.407 e. The minimum absolute atomic E-state index is 0.0221. The topological polar surface area (TPSA) is 159 Å². The van der Waals surface area contributed by atoms with Gasteiger partial charge in [0.2, 0.25) is 5.91 Å². The average Bonchev–Trinajstić information content (AvgIpc) is 3.11. The van der Waals surface area contributed by atoms with Crippen LogP contribution in [0.25, 0.3) is 11.1 Å². The van der Waals surface area contributed by atoms with Crippen molar-refractivity contribution in [2.45, 2.75) is 37.5 Å². The number of rotatable bonds is 10. The van der Waals surface area contributed by atoms with Crippen LogP contribution in [0.2, 0.25) is 0 Å². The summed E-state index contributed by atoms with van der Waals surface area (Å²) in [6.07, 6.45) is -1.70. The molecule has 2 amide bonds. The highest BCUT2D eigenvalue weighted by Gasteiger charge is 2.32. The largest absolute Gasteiger partial charge is 0.480 e. The number of nitrogens with one attached hydrogen (secondary N) is 2.